The lowest BCUT2D eigenvalue weighted by molar-refractivity contribution is 0.373. The van der Waals surface area contributed by atoms with Crippen molar-refractivity contribution in [1.82, 2.24) is 9.97 Å². The Morgan fingerprint density at radius 2 is 1.70 bits per heavy atom. The van der Waals surface area contributed by atoms with Gasteiger partial charge in [-0.1, -0.05) is 38.5 Å². The molecule has 2 heterocycles. The highest BCUT2D eigenvalue weighted by atomic mass is 15.0. The van der Waals surface area contributed by atoms with Crippen LogP contribution in [0.1, 0.15) is 75.7 Å². The van der Waals surface area contributed by atoms with Gasteiger partial charge in [0.2, 0.25) is 0 Å². The molecule has 4 rings (SSSR count). The molecule has 0 aliphatic heterocycles. The molecule has 0 amide bonds. The molecule has 124 valence electrons. The molecule has 2 aromatic heterocycles. The minimum absolute atomic E-state index is 0.736. The number of aromatic amines is 1. The Balaban J connectivity index is 1.45. The van der Waals surface area contributed by atoms with Gasteiger partial charge in [-0.05, 0) is 55.2 Å². The maximum atomic E-state index is 4.81. The van der Waals surface area contributed by atoms with Crippen molar-refractivity contribution in [3.63, 3.8) is 0 Å². The third-order valence-corrected chi connectivity index (χ3v) is 5.91. The van der Waals surface area contributed by atoms with E-state index in [2.05, 4.69) is 28.6 Å². The van der Waals surface area contributed by atoms with E-state index in [0.717, 1.165) is 29.8 Å². The Hall–Kier alpha value is -1.51. The van der Waals surface area contributed by atoms with Gasteiger partial charge in [-0.3, -0.25) is 0 Å². The van der Waals surface area contributed by atoms with Gasteiger partial charge in [0.1, 0.15) is 11.5 Å². The average Bonchev–Trinajstić information content (AvgIpc) is 3.05. The van der Waals surface area contributed by atoms with Crippen molar-refractivity contribution < 1.29 is 0 Å². The second-order valence-corrected chi connectivity index (χ2v) is 7.56. The first-order valence-electron chi connectivity index (χ1n) is 9.62. The first-order chi connectivity index (χ1) is 11.4. The summed E-state index contributed by atoms with van der Waals surface area (Å²) in [5.74, 6) is 2.60. The van der Waals surface area contributed by atoms with Crippen molar-refractivity contribution in [2.75, 3.05) is 11.9 Å². The normalized spacial score (nSPS) is 20.9. The summed E-state index contributed by atoms with van der Waals surface area (Å²) in [5.41, 5.74) is 2.55. The first kappa shape index (κ1) is 15.0. The van der Waals surface area contributed by atoms with Crippen LogP contribution in [0.5, 0.6) is 0 Å². The summed E-state index contributed by atoms with van der Waals surface area (Å²) in [6.07, 6.45) is 16.0. The summed E-state index contributed by atoms with van der Waals surface area (Å²) in [6, 6.07) is 4.44. The Labute approximate surface area is 139 Å². The molecule has 2 saturated carbocycles. The molecule has 3 heteroatoms. The van der Waals surface area contributed by atoms with E-state index in [1.807, 2.05) is 0 Å². The van der Waals surface area contributed by atoms with Gasteiger partial charge >= 0.3 is 0 Å². The summed E-state index contributed by atoms with van der Waals surface area (Å²) < 4.78 is 0. The van der Waals surface area contributed by atoms with E-state index in [4.69, 9.17) is 4.98 Å². The van der Waals surface area contributed by atoms with Crippen LogP contribution in [0.25, 0.3) is 11.0 Å². The van der Waals surface area contributed by atoms with E-state index in [9.17, 15) is 0 Å². The number of hydrogen-bond acceptors (Lipinski definition) is 2. The number of hydrogen-bond donors (Lipinski definition) is 2. The van der Waals surface area contributed by atoms with E-state index in [1.165, 1.54) is 75.2 Å². The maximum Gasteiger partial charge on any atom is 0.139 e. The van der Waals surface area contributed by atoms with Gasteiger partial charge in [-0.2, -0.15) is 0 Å². The van der Waals surface area contributed by atoms with Crippen molar-refractivity contribution in [2.24, 2.45) is 5.92 Å². The SMILES string of the molecule is c1cc2c(C3CCCCC3)c[nH]c2nc1NCC1CCCCC1. The zero-order valence-corrected chi connectivity index (χ0v) is 14.1. The summed E-state index contributed by atoms with van der Waals surface area (Å²) in [4.78, 5) is 8.22. The van der Waals surface area contributed by atoms with Crippen LogP contribution in [0.3, 0.4) is 0 Å². The molecule has 0 atom stereocenters. The monoisotopic (exact) mass is 311 g/mol. The van der Waals surface area contributed by atoms with Gasteiger partial charge in [0.05, 0.1) is 0 Å². The fourth-order valence-corrected chi connectivity index (χ4v) is 4.52. The van der Waals surface area contributed by atoms with E-state index < -0.39 is 0 Å². The van der Waals surface area contributed by atoms with Crippen LogP contribution in [0, 0.1) is 5.92 Å². The number of pyridine rings is 1. The third kappa shape index (κ3) is 3.39. The van der Waals surface area contributed by atoms with Crippen LogP contribution < -0.4 is 5.32 Å². The topological polar surface area (TPSA) is 40.7 Å². The lowest BCUT2D eigenvalue weighted by atomic mass is 9.84. The van der Waals surface area contributed by atoms with Gasteiger partial charge in [-0.15, -0.1) is 0 Å². The molecule has 0 radical (unpaired) electrons. The lowest BCUT2D eigenvalue weighted by Gasteiger charge is -2.22. The summed E-state index contributed by atoms with van der Waals surface area (Å²) >= 11 is 0. The smallest absolute Gasteiger partial charge is 0.139 e. The highest BCUT2D eigenvalue weighted by Crippen LogP contribution is 2.36. The molecule has 0 saturated heterocycles. The molecule has 23 heavy (non-hydrogen) atoms. The molecule has 2 aliphatic carbocycles. The van der Waals surface area contributed by atoms with Crippen LogP contribution in [0.15, 0.2) is 18.3 Å². The highest BCUT2D eigenvalue weighted by Gasteiger charge is 2.19. The van der Waals surface area contributed by atoms with Gasteiger partial charge in [0.15, 0.2) is 0 Å². The van der Waals surface area contributed by atoms with Crippen molar-refractivity contribution in [1.29, 1.82) is 0 Å². The number of H-pyrrole nitrogens is 1. The number of aromatic nitrogens is 2. The summed E-state index contributed by atoms with van der Waals surface area (Å²) in [7, 11) is 0. The molecule has 2 fully saturated rings. The Morgan fingerprint density at radius 3 is 2.48 bits per heavy atom. The Bertz CT molecular complexity index is 633. The minimum Gasteiger partial charge on any atom is -0.370 e. The number of nitrogens with one attached hydrogen (secondary N) is 2. The van der Waals surface area contributed by atoms with Crippen LogP contribution in [0.4, 0.5) is 5.82 Å². The number of fused-ring (bicyclic) bond motifs is 1. The molecule has 2 aromatic rings. The van der Waals surface area contributed by atoms with Gasteiger partial charge < -0.3 is 10.3 Å². The van der Waals surface area contributed by atoms with Gasteiger partial charge in [0, 0.05) is 18.1 Å². The molecule has 2 aliphatic rings. The number of rotatable bonds is 4. The fourth-order valence-electron chi connectivity index (χ4n) is 4.52. The zero-order valence-electron chi connectivity index (χ0n) is 14.1. The summed E-state index contributed by atoms with van der Waals surface area (Å²) in [6.45, 7) is 1.08. The van der Waals surface area contributed by atoms with E-state index >= 15 is 0 Å². The fraction of sp³-hybridized carbons (Fsp3) is 0.650. The first-order valence-corrected chi connectivity index (χ1v) is 9.62. The lowest BCUT2D eigenvalue weighted by Crippen LogP contribution is -2.17. The molecule has 3 nitrogen and oxygen atoms in total. The molecule has 0 spiro atoms. The van der Waals surface area contributed by atoms with E-state index in [0.29, 0.717) is 0 Å². The molecule has 2 N–H and O–H groups in total. The molecular formula is C20H29N3. The van der Waals surface area contributed by atoms with Crippen LogP contribution >= 0.6 is 0 Å². The highest BCUT2D eigenvalue weighted by molar-refractivity contribution is 5.82. The molecule has 0 aromatic carbocycles. The van der Waals surface area contributed by atoms with Crippen molar-refractivity contribution in [3.05, 3.63) is 23.9 Å². The molecule has 0 bridgehead atoms. The predicted octanol–water partition coefficient (Wildman–Crippen LogP) is 5.60. The van der Waals surface area contributed by atoms with E-state index in [1.54, 1.807) is 0 Å². The Kier molecular flexibility index (Phi) is 4.54. The van der Waals surface area contributed by atoms with Crippen molar-refractivity contribution in [2.45, 2.75) is 70.1 Å². The predicted molar refractivity (Wildman–Crippen MR) is 97.0 cm³/mol. The molecular weight excluding hydrogens is 282 g/mol. The average molecular weight is 311 g/mol. The second kappa shape index (κ2) is 6.94. The van der Waals surface area contributed by atoms with Gasteiger partial charge in [-0.25, -0.2) is 4.98 Å². The Morgan fingerprint density at radius 1 is 0.957 bits per heavy atom. The zero-order chi connectivity index (χ0) is 15.5. The van der Waals surface area contributed by atoms with Crippen LogP contribution in [0.2, 0.25) is 0 Å². The standard InChI is InChI=1S/C20H29N3/c1-3-7-15(8-4-1)13-21-19-12-11-17-18(14-22-20(17)23-19)16-9-5-2-6-10-16/h11-12,14-16H,1-10,13H2,(H2,21,22,23). The quantitative estimate of drug-likeness (QED) is 0.771. The summed E-state index contributed by atoms with van der Waals surface area (Å²) in [5, 5.41) is 4.90. The second-order valence-electron chi connectivity index (χ2n) is 7.56. The van der Waals surface area contributed by atoms with Crippen LogP contribution in [-0.2, 0) is 0 Å². The third-order valence-electron chi connectivity index (χ3n) is 5.91. The number of nitrogens with zero attached hydrogens (tertiary/aromatic N) is 1. The van der Waals surface area contributed by atoms with E-state index in [-0.39, 0.29) is 0 Å². The largest absolute Gasteiger partial charge is 0.370 e. The minimum atomic E-state index is 0.736. The number of anilines is 1. The van der Waals surface area contributed by atoms with Crippen molar-refractivity contribution in [3.8, 4) is 0 Å². The van der Waals surface area contributed by atoms with Crippen molar-refractivity contribution >= 4 is 16.9 Å². The molecule has 0 unspecified atom stereocenters. The van der Waals surface area contributed by atoms with Crippen LogP contribution in [-0.4, -0.2) is 16.5 Å². The maximum absolute atomic E-state index is 4.81. The van der Waals surface area contributed by atoms with Gasteiger partial charge in [0.25, 0.3) is 0 Å².